The Morgan fingerprint density at radius 3 is 2.46 bits per heavy atom. The molecule has 0 bridgehead atoms. The number of nitrogens with zero attached hydrogens (tertiary/aromatic N) is 1. The second kappa shape index (κ2) is 3.96. The number of rotatable bonds is 2. The van der Waals surface area contributed by atoms with Crippen molar-refractivity contribution in [3.63, 3.8) is 0 Å². The number of hydrogen-bond donors (Lipinski definition) is 0. The minimum Gasteiger partial charge on any atom is -0.349 e. The van der Waals surface area contributed by atoms with E-state index >= 15 is 0 Å². The van der Waals surface area contributed by atoms with Crippen LogP contribution in [-0.4, -0.2) is 4.57 Å². The molecule has 13 heavy (non-hydrogen) atoms. The lowest BCUT2D eigenvalue weighted by molar-refractivity contribution is 0.805. The second-order valence-electron chi connectivity index (χ2n) is 2.99. The summed E-state index contributed by atoms with van der Waals surface area (Å²) < 4.78 is 3.48. The SMILES string of the molecule is Ic1ccn(Cc2ccccc2)c1. The van der Waals surface area contributed by atoms with Gasteiger partial charge in [-0.15, -0.1) is 0 Å². The van der Waals surface area contributed by atoms with Crippen molar-refractivity contribution < 1.29 is 0 Å². The zero-order valence-electron chi connectivity index (χ0n) is 7.15. The first-order valence-electron chi connectivity index (χ1n) is 4.20. The van der Waals surface area contributed by atoms with E-state index in [1.165, 1.54) is 9.13 Å². The average molecular weight is 283 g/mol. The maximum atomic E-state index is 2.32. The van der Waals surface area contributed by atoms with Gasteiger partial charge in [0.2, 0.25) is 0 Å². The van der Waals surface area contributed by atoms with Crippen LogP contribution in [0.4, 0.5) is 0 Å². The Morgan fingerprint density at radius 2 is 1.85 bits per heavy atom. The van der Waals surface area contributed by atoms with E-state index in [9.17, 15) is 0 Å². The van der Waals surface area contributed by atoms with Gasteiger partial charge >= 0.3 is 0 Å². The van der Waals surface area contributed by atoms with Crippen molar-refractivity contribution in [3.05, 3.63) is 57.9 Å². The molecule has 0 radical (unpaired) electrons. The number of halogens is 1. The molecule has 66 valence electrons. The summed E-state index contributed by atoms with van der Waals surface area (Å²) in [6.45, 7) is 0.962. The van der Waals surface area contributed by atoms with Gasteiger partial charge in [-0.25, -0.2) is 0 Å². The van der Waals surface area contributed by atoms with Gasteiger partial charge < -0.3 is 4.57 Å². The first kappa shape index (κ1) is 8.81. The molecule has 1 aromatic carbocycles. The van der Waals surface area contributed by atoms with Gasteiger partial charge in [-0.05, 0) is 34.2 Å². The molecule has 1 aromatic heterocycles. The van der Waals surface area contributed by atoms with Gasteiger partial charge in [0, 0.05) is 22.5 Å². The molecular formula is C11H10IN. The van der Waals surface area contributed by atoms with Crippen molar-refractivity contribution >= 4 is 22.6 Å². The van der Waals surface area contributed by atoms with Crippen LogP contribution >= 0.6 is 22.6 Å². The van der Waals surface area contributed by atoms with Crippen LogP contribution in [-0.2, 0) is 6.54 Å². The molecule has 2 heteroatoms. The highest BCUT2D eigenvalue weighted by molar-refractivity contribution is 14.1. The molecule has 0 aliphatic heterocycles. The molecule has 0 aliphatic carbocycles. The van der Waals surface area contributed by atoms with Crippen LogP contribution in [0.1, 0.15) is 5.56 Å². The third kappa shape index (κ3) is 2.34. The maximum absolute atomic E-state index is 2.32. The molecule has 0 amide bonds. The summed E-state index contributed by atoms with van der Waals surface area (Å²) in [5.41, 5.74) is 1.34. The molecule has 2 rings (SSSR count). The predicted molar refractivity (Wildman–Crippen MR) is 62.7 cm³/mol. The van der Waals surface area contributed by atoms with Crippen molar-refractivity contribution in [2.45, 2.75) is 6.54 Å². The molecule has 0 fully saturated rings. The Balaban J connectivity index is 2.15. The lowest BCUT2D eigenvalue weighted by Gasteiger charge is -2.01. The Kier molecular flexibility index (Phi) is 2.68. The minimum atomic E-state index is 0.962. The Hall–Kier alpha value is -0.770. The Morgan fingerprint density at radius 1 is 1.08 bits per heavy atom. The summed E-state index contributed by atoms with van der Waals surface area (Å²) in [6.07, 6.45) is 4.25. The monoisotopic (exact) mass is 283 g/mol. The molecule has 1 nitrogen and oxygen atoms in total. The van der Waals surface area contributed by atoms with Gasteiger partial charge in [-0.3, -0.25) is 0 Å². The van der Waals surface area contributed by atoms with E-state index < -0.39 is 0 Å². The Labute approximate surface area is 91.5 Å². The van der Waals surface area contributed by atoms with Gasteiger partial charge in [-0.2, -0.15) is 0 Å². The quantitative estimate of drug-likeness (QED) is 0.746. The topological polar surface area (TPSA) is 4.93 Å². The van der Waals surface area contributed by atoms with Gasteiger partial charge in [0.05, 0.1) is 0 Å². The van der Waals surface area contributed by atoms with Crippen LogP contribution in [0.15, 0.2) is 48.8 Å². The standard InChI is InChI=1S/C11H10IN/c12-11-6-7-13(9-11)8-10-4-2-1-3-5-10/h1-7,9H,8H2. The molecule has 0 saturated carbocycles. The fourth-order valence-electron chi connectivity index (χ4n) is 1.30. The number of hydrogen-bond acceptors (Lipinski definition) is 0. The zero-order chi connectivity index (χ0) is 9.10. The van der Waals surface area contributed by atoms with Crippen molar-refractivity contribution in [2.75, 3.05) is 0 Å². The molecule has 0 saturated heterocycles. The normalized spacial score (nSPS) is 10.2. The van der Waals surface area contributed by atoms with E-state index in [2.05, 4.69) is 69.9 Å². The van der Waals surface area contributed by atoms with E-state index in [0.717, 1.165) is 6.54 Å². The lowest BCUT2D eigenvalue weighted by Crippen LogP contribution is -1.95. The number of benzene rings is 1. The average Bonchev–Trinajstić information content (AvgIpc) is 2.53. The molecule has 0 aliphatic rings. The predicted octanol–water partition coefficient (Wildman–Crippen LogP) is 3.14. The summed E-state index contributed by atoms with van der Waals surface area (Å²) in [4.78, 5) is 0. The van der Waals surface area contributed by atoms with Crippen molar-refractivity contribution in [1.82, 2.24) is 4.57 Å². The van der Waals surface area contributed by atoms with E-state index in [-0.39, 0.29) is 0 Å². The largest absolute Gasteiger partial charge is 0.349 e. The second-order valence-corrected chi connectivity index (χ2v) is 4.23. The van der Waals surface area contributed by atoms with Crippen LogP contribution in [0, 0.1) is 3.57 Å². The molecule has 0 spiro atoms. The summed E-state index contributed by atoms with van der Waals surface area (Å²) in [6, 6.07) is 12.6. The smallest absolute Gasteiger partial charge is 0.0470 e. The van der Waals surface area contributed by atoms with E-state index in [4.69, 9.17) is 0 Å². The molecule has 2 aromatic rings. The van der Waals surface area contributed by atoms with E-state index in [1.54, 1.807) is 0 Å². The number of aromatic nitrogens is 1. The molecule has 0 N–H and O–H groups in total. The summed E-state index contributed by atoms with van der Waals surface area (Å²) in [5, 5.41) is 0. The first-order chi connectivity index (χ1) is 6.34. The fraction of sp³-hybridized carbons (Fsp3) is 0.0909. The van der Waals surface area contributed by atoms with E-state index in [0.29, 0.717) is 0 Å². The third-order valence-electron chi connectivity index (χ3n) is 1.92. The van der Waals surface area contributed by atoms with Crippen molar-refractivity contribution in [1.29, 1.82) is 0 Å². The highest BCUT2D eigenvalue weighted by Gasteiger charge is 1.94. The summed E-state index contributed by atoms with van der Waals surface area (Å²) in [7, 11) is 0. The van der Waals surface area contributed by atoms with Crippen LogP contribution in [0.3, 0.4) is 0 Å². The van der Waals surface area contributed by atoms with E-state index in [1.807, 2.05) is 6.07 Å². The highest BCUT2D eigenvalue weighted by Crippen LogP contribution is 2.07. The van der Waals surface area contributed by atoms with Crippen molar-refractivity contribution in [2.24, 2.45) is 0 Å². The molecule has 1 heterocycles. The highest BCUT2D eigenvalue weighted by atomic mass is 127. The van der Waals surface area contributed by atoms with Gasteiger partial charge in [0.15, 0.2) is 0 Å². The molecule has 0 unspecified atom stereocenters. The third-order valence-corrected chi connectivity index (χ3v) is 2.56. The lowest BCUT2D eigenvalue weighted by atomic mass is 10.2. The molecular weight excluding hydrogens is 273 g/mol. The first-order valence-corrected chi connectivity index (χ1v) is 5.28. The van der Waals surface area contributed by atoms with Crippen LogP contribution in [0.25, 0.3) is 0 Å². The molecule has 0 atom stereocenters. The van der Waals surface area contributed by atoms with Gasteiger partial charge in [0.1, 0.15) is 0 Å². The minimum absolute atomic E-state index is 0.962. The van der Waals surface area contributed by atoms with Crippen LogP contribution in [0.2, 0.25) is 0 Å². The van der Waals surface area contributed by atoms with Crippen molar-refractivity contribution in [3.8, 4) is 0 Å². The Bertz CT molecular complexity index is 378. The van der Waals surface area contributed by atoms with Gasteiger partial charge in [-0.1, -0.05) is 30.3 Å². The van der Waals surface area contributed by atoms with Gasteiger partial charge in [0.25, 0.3) is 0 Å². The summed E-state index contributed by atoms with van der Waals surface area (Å²) in [5.74, 6) is 0. The zero-order valence-corrected chi connectivity index (χ0v) is 9.31. The fourth-order valence-corrected chi connectivity index (χ4v) is 1.82. The van der Waals surface area contributed by atoms with Crippen LogP contribution < -0.4 is 0 Å². The van der Waals surface area contributed by atoms with Crippen LogP contribution in [0.5, 0.6) is 0 Å². The summed E-state index contributed by atoms with van der Waals surface area (Å²) >= 11 is 2.32. The maximum Gasteiger partial charge on any atom is 0.0470 e.